The third kappa shape index (κ3) is 3.46. The SMILES string of the molecule is CC(C)Cc1cc(-c2ccccc2)cc(-c2ccccc2)c1. The Morgan fingerprint density at radius 2 is 1.05 bits per heavy atom. The number of hydrogen-bond acceptors (Lipinski definition) is 0. The van der Waals surface area contributed by atoms with Crippen LogP contribution in [0.4, 0.5) is 0 Å². The van der Waals surface area contributed by atoms with Gasteiger partial charge >= 0.3 is 0 Å². The van der Waals surface area contributed by atoms with Gasteiger partial charge in [0.1, 0.15) is 0 Å². The molecule has 0 saturated carbocycles. The summed E-state index contributed by atoms with van der Waals surface area (Å²) in [7, 11) is 0. The highest BCUT2D eigenvalue weighted by molar-refractivity contribution is 5.74. The predicted molar refractivity (Wildman–Crippen MR) is 95.9 cm³/mol. The first-order chi connectivity index (χ1) is 10.7. The van der Waals surface area contributed by atoms with Crippen molar-refractivity contribution in [2.45, 2.75) is 20.3 Å². The Morgan fingerprint density at radius 1 is 0.591 bits per heavy atom. The van der Waals surface area contributed by atoms with Gasteiger partial charge in [0.25, 0.3) is 0 Å². The van der Waals surface area contributed by atoms with Gasteiger partial charge in [-0.3, -0.25) is 0 Å². The highest BCUT2D eigenvalue weighted by Gasteiger charge is 2.06. The molecule has 3 rings (SSSR count). The van der Waals surface area contributed by atoms with Crippen molar-refractivity contribution >= 4 is 0 Å². The van der Waals surface area contributed by atoms with Gasteiger partial charge in [-0.25, -0.2) is 0 Å². The summed E-state index contributed by atoms with van der Waals surface area (Å²) in [5, 5.41) is 0. The monoisotopic (exact) mass is 286 g/mol. The molecule has 0 N–H and O–H groups in total. The second-order valence-corrected chi connectivity index (χ2v) is 6.25. The van der Waals surface area contributed by atoms with Crippen LogP contribution >= 0.6 is 0 Å². The van der Waals surface area contributed by atoms with E-state index in [1.54, 1.807) is 0 Å². The Hall–Kier alpha value is -2.34. The fraction of sp³-hybridized carbons (Fsp3) is 0.182. The summed E-state index contributed by atoms with van der Waals surface area (Å²) >= 11 is 0. The lowest BCUT2D eigenvalue weighted by Gasteiger charge is -2.12. The third-order valence-electron chi connectivity index (χ3n) is 3.85. The summed E-state index contributed by atoms with van der Waals surface area (Å²) in [5.41, 5.74) is 6.58. The van der Waals surface area contributed by atoms with Crippen molar-refractivity contribution in [2.24, 2.45) is 5.92 Å². The first-order valence-electron chi connectivity index (χ1n) is 7.97. The molecule has 0 aliphatic rings. The minimum absolute atomic E-state index is 0.662. The van der Waals surface area contributed by atoms with Crippen molar-refractivity contribution in [1.29, 1.82) is 0 Å². The number of benzene rings is 3. The highest BCUT2D eigenvalue weighted by Crippen LogP contribution is 2.29. The molecule has 0 saturated heterocycles. The summed E-state index contributed by atoms with van der Waals surface area (Å²) in [4.78, 5) is 0. The van der Waals surface area contributed by atoms with Crippen LogP contribution < -0.4 is 0 Å². The molecular weight excluding hydrogens is 264 g/mol. The van der Waals surface area contributed by atoms with E-state index in [4.69, 9.17) is 0 Å². The van der Waals surface area contributed by atoms with Crippen molar-refractivity contribution < 1.29 is 0 Å². The first-order valence-corrected chi connectivity index (χ1v) is 7.97. The predicted octanol–water partition coefficient (Wildman–Crippen LogP) is 6.22. The lowest BCUT2D eigenvalue weighted by atomic mass is 9.93. The molecule has 0 aliphatic heterocycles. The Balaban J connectivity index is 2.10. The quantitative estimate of drug-likeness (QED) is 0.534. The van der Waals surface area contributed by atoms with E-state index in [1.807, 2.05) is 0 Å². The van der Waals surface area contributed by atoms with Gasteiger partial charge in [0, 0.05) is 0 Å². The Bertz CT molecular complexity index is 667. The molecule has 0 heterocycles. The summed E-state index contributed by atoms with van der Waals surface area (Å²) in [6.07, 6.45) is 1.11. The molecule has 0 aliphatic carbocycles. The molecule has 0 bridgehead atoms. The van der Waals surface area contributed by atoms with E-state index in [9.17, 15) is 0 Å². The van der Waals surface area contributed by atoms with Gasteiger partial charge in [0.2, 0.25) is 0 Å². The Labute approximate surface area is 133 Å². The summed E-state index contributed by atoms with van der Waals surface area (Å²) in [5.74, 6) is 0.662. The maximum Gasteiger partial charge on any atom is -0.0175 e. The largest absolute Gasteiger partial charge is 0.0625 e. The van der Waals surface area contributed by atoms with Crippen LogP contribution in [0.2, 0.25) is 0 Å². The van der Waals surface area contributed by atoms with Gasteiger partial charge in [-0.1, -0.05) is 86.6 Å². The minimum Gasteiger partial charge on any atom is -0.0625 e. The van der Waals surface area contributed by atoms with Gasteiger partial charge in [0.05, 0.1) is 0 Å². The van der Waals surface area contributed by atoms with Gasteiger partial charge in [0.15, 0.2) is 0 Å². The van der Waals surface area contributed by atoms with Crippen LogP contribution in [0.25, 0.3) is 22.3 Å². The highest BCUT2D eigenvalue weighted by atomic mass is 14.1. The van der Waals surface area contributed by atoms with Crippen molar-refractivity contribution in [2.75, 3.05) is 0 Å². The molecule has 0 spiro atoms. The smallest absolute Gasteiger partial charge is 0.0175 e. The molecular formula is C22H22. The van der Waals surface area contributed by atoms with Gasteiger partial charge in [-0.2, -0.15) is 0 Å². The zero-order valence-electron chi connectivity index (χ0n) is 13.3. The molecule has 22 heavy (non-hydrogen) atoms. The van der Waals surface area contributed by atoms with Crippen LogP contribution in [0.3, 0.4) is 0 Å². The standard InChI is InChI=1S/C22H22/c1-17(2)13-18-14-21(19-9-5-3-6-10-19)16-22(15-18)20-11-7-4-8-12-20/h3-12,14-17H,13H2,1-2H3. The van der Waals surface area contributed by atoms with Crippen LogP contribution in [-0.2, 0) is 6.42 Å². The maximum atomic E-state index is 2.34. The van der Waals surface area contributed by atoms with Crippen LogP contribution in [0.1, 0.15) is 19.4 Å². The van der Waals surface area contributed by atoms with Crippen LogP contribution in [0, 0.1) is 5.92 Å². The first kappa shape index (κ1) is 14.6. The second-order valence-electron chi connectivity index (χ2n) is 6.25. The molecule has 0 radical (unpaired) electrons. The molecule has 3 aromatic rings. The second kappa shape index (κ2) is 6.62. The summed E-state index contributed by atoms with van der Waals surface area (Å²) < 4.78 is 0. The van der Waals surface area contributed by atoms with E-state index in [0.29, 0.717) is 5.92 Å². The van der Waals surface area contributed by atoms with E-state index in [1.165, 1.54) is 27.8 Å². The zero-order valence-corrected chi connectivity index (χ0v) is 13.3. The number of hydrogen-bond donors (Lipinski definition) is 0. The topological polar surface area (TPSA) is 0 Å². The normalized spacial score (nSPS) is 10.9. The fourth-order valence-corrected chi connectivity index (χ4v) is 2.88. The third-order valence-corrected chi connectivity index (χ3v) is 3.85. The maximum absolute atomic E-state index is 2.34. The van der Waals surface area contributed by atoms with E-state index in [-0.39, 0.29) is 0 Å². The molecule has 0 unspecified atom stereocenters. The summed E-state index contributed by atoms with van der Waals surface area (Å²) in [6.45, 7) is 4.55. The Morgan fingerprint density at radius 3 is 1.45 bits per heavy atom. The van der Waals surface area contributed by atoms with E-state index < -0.39 is 0 Å². The van der Waals surface area contributed by atoms with Crippen molar-refractivity contribution in [3.63, 3.8) is 0 Å². The molecule has 0 amide bonds. The molecule has 3 aromatic carbocycles. The lowest BCUT2D eigenvalue weighted by Crippen LogP contribution is -1.95. The molecule has 110 valence electrons. The van der Waals surface area contributed by atoms with E-state index in [0.717, 1.165) is 6.42 Å². The van der Waals surface area contributed by atoms with Crippen LogP contribution in [0.5, 0.6) is 0 Å². The number of rotatable bonds is 4. The van der Waals surface area contributed by atoms with Crippen LogP contribution in [-0.4, -0.2) is 0 Å². The van der Waals surface area contributed by atoms with Gasteiger partial charge in [-0.05, 0) is 46.2 Å². The van der Waals surface area contributed by atoms with E-state index >= 15 is 0 Å². The molecule has 0 heteroatoms. The average Bonchev–Trinajstić information content (AvgIpc) is 2.55. The van der Waals surface area contributed by atoms with E-state index in [2.05, 4.69) is 92.7 Å². The minimum atomic E-state index is 0.662. The molecule has 0 atom stereocenters. The van der Waals surface area contributed by atoms with Crippen LogP contribution in [0.15, 0.2) is 78.9 Å². The molecule has 0 fully saturated rings. The Kier molecular flexibility index (Phi) is 4.39. The molecule has 0 nitrogen and oxygen atoms in total. The van der Waals surface area contributed by atoms with Crippen molar-refractivity contribution in [3.8, 4) is 22.3 Å². The lowest BCUT2D eigenvalue weighted by molar-refractivity contribution is 0.647. The fourth-order valence-electron chi connectivity index (χ4n) is 2.88. The average molecular weight is 286 g/mol. The summed E-state index contributed by atoms with van der Waals surface area (Å²) in [6, 6.07) is 28.3. The van der Waals surface area contributed by atoms with Crippen molar-refractivity contribution in [1.82, 2.24) is 0 Å². The zero-order chi connectivity index (χ0) is 15.4. The van der Waals surface area contributed by atoms with Crippen molar-refractivity contribution in [3.05, 3.63) is 84.4 Å². The van der Waals surface area contributed by atoms with Gasteiger partial charge < -0.3 is 0 Å². The van der Waals surface area contributed by atoms with Gasteiger partial charge in [-0.15, -0.1) is 0 Å². The molecule has 0 aromatic heterocycles.